The van der Waals surface area contributed by atoms with Gasteiger partial charge in [-0.25, -0.2) is 0 Å². The number of carbonyl (C=O) groups excluding carboxylic acids is 1. The molecule has 0 bridgehead atoms. The Kier molecular flexibility index (Phi) is 4.21. The van der Waals surface area contributed by atoms with Crippen molar-refractivity contribution in [2.75, 3.05) is 12.3 Å². The van der Waals surface area contributed by atoms with E-state index in [9.17, 15) is 14.9 Å². The Bertz CT molecular complexity index is 469. The molecule has 0 fully saturated rings. The number of anilines is 1. The highest BCUT2D eigenvalue weighted by atomic mass is 16.6. The standard InChI is InChI=1S/C11H13N3O3/c1-8(15)13-6-2-3-9-4-5-10(14(16)17)7-11(9)12/h2-5,7H,6,12H2,1H3,(H,13,15). The Morgan fingerprint density at radius 1 is 1.59 bits per heavy atom. The zero-order valence-electron chi connectivity index (χ0n) is 9.34. The largest absolute Gasteiger partial charge is 0.398 e. The van der Waals surface area contributed by atoms with E-state index < -0.39 is 4.92 Å². The molecule has 1 amide bonds. The van der Waals surface area contributed by atoms with E-state index in [2.05, 4.69) is 5.32 Å². The van der Waals surface area contributed by atoms with Crippen LogP contribution >= 0.6 is 0 Å². The van der Waals surface area contributed by atoms with E-state index in [4.69, 9.17) is 5.73 Å². The average molecular weight is 235 g/mol. The van der Waals surface area contributed by atoms with Gasteiger partial charge in [-0.1, -0.05) is 12.2 Å². The molecule has 0 atom stereocenters. The van der Waals surface area contributed by atoms with Crippen LogP contribution in [0.4, 0.5) is 11.4 Å². The lowest BCUT2D eigenvalue weighted by Gasteiger charge is -2.00. The number of nitrogens with two attached hydrogens (primary N) is 1. The van der Waals surface area contributed by atoms with Crippen LogP contribution in [0.25, 0.3) is 6.08 Å². The number of nitro groups is 1. The molecule has 0 aliphatic carbocycles. The Morgan fingerprint density at radius 3 is 2.82 bits per heavy atom. The van der Waals surface area contributed by atoms with Crippen molar-refractivity contribution in [1.29, 1.82) is 0 Å². The van der Waals surface area contributed by atoms with E-state index >= 15 is 0 Å². The molecule has 0 radical (unpaired) electrons. The van der Waals surface area contributed by atoms with Crippen molar-refractivity contribution < 1.29 is 9.72 Å². The summed E-state index contributed by atoms with van der Waals surface area (Å²) in [5, 5.41) is 13.1. The van der Waals surface area contributed by atoms with Gasteiger partial charge in [0, 0.05) is 31.3 Å². The molecule has 90 valence electrons. The van der Waals surface area contributed by atoms with E-state index in [1.807, 2.05) is 0 Å². The van der Waals surface area contributed by atoms with Gasteiger partial charge in [-0.3, -0.25) is 14.9 Å². The van der Waals surface area contributed by atoms with Gasteiger partial charge >= 0.3 is 0 Å². The maximum atomic E-state index is 10.6. The van der Waals surface area contributed by atoms with Gasteiger partial charge in [0.15, 0.2) is 0 Å². The summed E-state index contributed by atoms with van der Waals surface area (Å²) in [6.45, 7) is 1.82. The lowest BCUT2D eigenvalue weighted by molar-refractivity contribution is -0.384. The van der Waals surface area contributed by atoms with Gasteiger partial charge in [0.05, 0.1) is 4.92 Å². The van der Waals surface area contributed by atoms with Gasteiger partial charge in [0.2, 0.25) is 5.91 Å². The van der Waals surface area contributed by atoms with Crippen molar-refractivity contribution in [3.63, 3.8) is 0 Å². The second-order valence-corrected chi connectivity index (χ2v) is 3.41. The fourth-order valence-corrected chi connectivity index (χ4v) is 1.22. The first-order valence-electron chi connectivity index (χ1n) is 4.95. The van der Waals surface area contributed by atoms with Crippen LogP contribution in [0.2, 0.25) is 0 Å². The number of benzene rings is 1. The van der Waals surface area contributed by atoms with Crippen molar-refractivity contribution in [2.45, 2.75) is 6.92 Å². The van der Waals surface area contributed by atoms with Crippen LogP contribution in [0, 0.1) is 10.1 Å². The highest BCUT2D eigenvalue weighted by molar-refractivity contribution is 5.73. The van der Waals surface area contributed by atoms with Crippen LogP contribution in [0.3, 0.4) is 0 Å². The topological polar surface area (TPSA) is 98.3 Å². The molecule has 0 heterocycles. The molecule has 0 aromatic heterocycles. The molecule has 0 spiro atoms. The number of carbonyl (C=O) groups is 1. The highest BCUT2D eigenvalue weighted by Gasteiger charge is 2.06. The quantitative estimate of drug-likeness (QED) is 0.467. The van der Waals surface area contributed by atoms with Gasteiger partial charge in [0.1, 0.15) is 0 Å². The van der Waals surface area contributed by atoms with Gasteiger partial charge in [-0.2, -0.15) is 0 Å². The normalized spacial score (nSPS) is 10.4. The molecule has 1 aromatic carbocycles. The molecule has 0 saturated carbocycles. The highest BCUT2D eigenvalue weighted by Crippen LogP contribution is 2.20. The average Bonchev–Trinajstić information content (AvgIpc) is 2.25. The molecule has 17 heavy (non-hydrogen) atoms. The summed E-state index contributed by atoms with van der Waals surface area (Å²) in [5.41, 5.74) is 6.63. The van der Waals surface area contributed by atoms with Crippen molar-refractivity contribution >= 4 is 23.4 Å². The Balaban J connectivity index is 2.72. The summed E-state index contributed by atoms with van der Waals surface area (Å²) in [6, 6.07) is 4.25. The zero-order chi connectivity index (χ0) is 12.8. The molecule has 0 aliphatic rings. The fraction of sp³-hybridized carbons (Fsp3) is 0.182. The summed E-state index contributed by atoms with van der Waals surface area (Å²) in [7, 11) is 0. The van der Waals surface area contributed by atoms with Crippen molar-refractivity contribution in [1.82, 2.24) is 5.32 Å². The van der Waals surface area contributed by atoms with Crippen molar-refractivity contribution in [2.24, 2.45) is 0 Å². The summed E-state index contributed by atoms with van der Waals surface area (Å²) in [5.74, 6) is -0.119. The lowest BCUT2D eigenvalue weighted by Crippen LogP contribution is -2.19. The second kappa shape index (κ2) is 5.64. The van der Waals surface area contributed by atoms with Crippen molar-refractivity contribution in [3.8, 4) is 0 Å². The number of amides is 1. The van der Waals surface area contributed by atoms with Gasteiger partial charge in [-0.05, 0) is 11.6 Å². The first kappa shape index (κ1) is 12.7. The predicted molar refractivity (Wildman–Crippen MR) is 65.2 cm³/mol. The number of non-ortho nitro benzene ring substituents is 1. The molecule has 0 saturated heterocycles. The van der Waals surface area contributed by atoms with E-state index in [1.54, 1.807) is 18.2 Å². The molecule has 0 unspecified atom stereocenters. The maximum Gasteiger partial charge on any atom is 0.271 e. The predicted octanol–water partition coefficient (Wildman–Crippen LogP) is 1.33. The van der Waals surface area contributed by atoms with Gasteiger partial charge in [0.25, 0.3) is 5.69 Å². The Labute approximate surface area is 98.3 Å². The molecule has 6 heteroatoms. The summed E-state index contributed by atoms with van der Waals surface area (Å²) in [6.07, 6.45) is 3.42. The summed E-state index contributed by atoms with van der Waals surface area (Å²) < 4.78 is 0. The number of nitrogen functional groups attached to an aromatic ring is 1. The number of nitrogens with one attached hydrogen (secondary N) is 1. The third kappa shape index (κ3) is 3.94. The number of nitrogens with zero attached hydrogens (tertiary/aromatic N) is 1. The molecular formula is C11H13N3O3. The first-order chi connectivity index (χ1) is 8.00. The van der Waals surface area contributed by atoms with E-state index in [0.717, 1.165) is 0 Å². The van der Waals surface area contributed by atoms with E-state index in [1.165, 1.54) is 19.1 Å². The molecule has 1 rings (SSSR count). The number of hydrogen-bond donors (Lipinski definition) is 2. The minimum atomic E-state index is -0.499. The van der Waals surface area contributed by atoms with Crippen LogP contribution in [0.15, 0.2) is 24.3 Å². The van der Waals surface area contributed by atoms with Crippen molar-refractivity contribution in [3.05, 3.63) is 40.0 Å². The lowest BCUT2D eigenvalue weighted by atomic mass is 10.1. The first-order valence-corrected chi connectivity index (χ1v) is 4.95. The molecule has 3 N–H and O–H groups in total. The SMILES string of the molecule is CC(=O)NCC=Cc1ccc([N+](=O)[O-])cc1N. The summed E-state index contributed by atoms with van der Waals surface area (Å²) in [4.78, 5) is 20.6. The van der Waals surface area contributed by atoms with Crippen LogP contribution in [0.5, 0.6) is 0 Å². The third-order valence-electron chi connectivity index (χ3n) is 2.05. The minimum absolute atomic E-state index is 0.0403. The second-order valence-electron chi connectivity index (χ2n) is 3.41. The number of hydrogen-bond acceptors (Lipinski definition) is 4. The van der Waals surface area contributed by atoms with Gasteiger partial charge < -0.3 is 11.1 Å². The Morgan fingerprint density at radius 2 is 2.29 bits per heavy atom. The minimum Gasteiger partial charge on any atom is -0.398 e. The fourth-order valence-electron chi connectivity index (χ4n) is 1.22. The van der Waals surface area contributed by atoms with E-state index in [0.29, 0.717) is 17.8 Å². The van der Waals surface area contributed by atoms with Crippen LogP contribution in [0.1, 0.15) is 12.5 Å². The number of rotatable bonds is 4. The number of nitro benzene ring substituents is 1. The molecule has 6 nitrogen and oxygen atoms in total. The maximum absolute atomic E-state index is 10.6. The third-order valence-corrected chi connectivity index (χ3v) is 2.05. The molecule has 1 aromatic rings. The zero-order valence-corrected chi connectivity index (χ0v) is 9.34. The monoisotopic (exact) mass is 235 g/mol. The van der Waals surface area contributed by atoms with Crippen LogP contribution in [-0.2, 0) is 4.79 Å². The van der Waals surface area contributed by atoms with Crippen LogP contribution < -0.4 is 11.1 Å². The van der Waals surface area contributed by atoms with E-state index in [-0.39, 0.29) is 11.6 Å². The summed E-state index contributed by atoms with van der Waals surface area (Å²) >= 11 is 0. The molecular weight excluding hydrogens is 222 g/mol. The van der Waals surface area contributed by atoms with Crippen LogP contribution in [-0.4, -0.2) is 17.4 Å². The Hall–Kier alpha value is -2.37. The molecule has 0 aliphatic heterocycles. The smallest absolute Gasteiger partial charge is 0.271 e. The van der Waals surface area contributed by atoms with Gasteiger partial charge in [-0.15, -0.1) is 0 Å².